The predicted octanol–water partition coefficient (Wildman–Crippen LogP) is 1.36. The largest absolute Gasteiger partial charge is 0.368 e. The minimum Gasteiger partial charge on any atom is -0.368 e. The molecule has 0 spiro atoms. The minimum atomic E-state index is -1.01. The third kappa shape index (κ3) is 4.49. The van der Waals surface area contributed by atoms with E-state index in [9.17, 15) is 9.59 Å². The number of nitrogens with zero attached hydrogens (tertiary/aromatic N) is 2. The summed E-state index contributed by atoms with van der Waals surface area (Å²) in [7, 11) is 0. The minimum absolute atomic E-state index is 0.0582. The number of hydrogen-bond acceptors (Lipinski definition) is 6. The van der Waals surface area contributed by atoms with Crippen LogP contribution in [0.5, 0.6) is 0 Å². The van der Waals surface area contributed by atoms with Gasteiger partial charge in [-0.15, -0.1) is 0 Å². The van der Waals surface area contributed by atoms with Crippen LogP contribution in [0.2, 0.25) is 0 Å². The summed E-state index contributed by atoms with van der Waals surface area (Å²) in [5.74, 6) is -0.116. The molecule has 4 unspecified atom stereocenters. The molecular formula is C23H36N2O6. The molecule has 5 rings (SSSR count). The van der Waals surface area contributed by atoms with Crippen molar-refractivity contribution in [1.29, 1.82) is 0 Å². The Morgan fingerprint density at radius 1 is 0.613 bits per heavy atom. The number of hydrogen-bond donors (Lipinski definition) is 0. The van der Waals surface area contributed by atoms with Crippen molar-refractivity contribution in [2.24, 2.45) is 5.41 Å². The van der Waals surface area contributed by atoms with Crippen LogP contribution in [-0.2, 0) is 28.5 Å². The Labute approximate surface area is 184 Å². The lowest BCUT2D eigenvalue weighted by molar-refractivity contribution is -0.158. The zero-order chi connectivity index (χ0) is 22.1. The number of rotatable bonds is 10. The van der Waals surface area contributed by atoms with E-state index in [0.717, 1.165) is 12.8 Å². The summed E-state index contributed by atoms with van der Waals surface area (Å²) in [6.45, 7) is 12.7. The molecule has 5 aliphatic rings. The normalized spacial score (nSPS) is 41.5. The van der Waals surface area contributed by atoms with E-state index in [1.165, 1.54) is 0 Å². The third-order valence-corrected chi connectivity index (χ3v) is 7.50. The standard InChI is InChI=1S/C23H36N2O6/c1-19(13-28-19)9-24(10-20(2)14-29-20)17(26)23(7-5-6-8-23)18(27)25(11-21(3)15-30-21)12-22(4)16-31-22/h5-16H2,1-4H3. The first-order chi connectivity index (χ1) is 14.5. The van der Waals surface area contributed by atoms with Crippen LogP contribution in [0.15, 0.2) is 0 Å². The lowest BCUT2D eigenvalue weighted by atomic mass is 9.81. The van der Waals surface area contributed by atoms with Crippen molar-refractivity contribution in [2.75, 3.05) is 52.6 Å². The van der Waals surface area contributed by atoms with E-state index < -0.39 is 5.41 Å². The first-order valence-electron chi connectivity index (χ1n) is 11.6. The first-order valence-corrected chi connectivity index (χ1v) is 11.6. The summed E-state index contributed by atoms with van der Waals surface area (Å²) in [6, 6.07) is 0. The summed E-state index contributed by atoms with van der Waals surface area (Å²) in [5, 5.41) is 0. The second-order valence-electron chi connectivity index (χ2n) is 11.6. The van der Waals surface area contributed by atoms with Gasteiger partial charge in [-0.2, -0.15) is 0 Å². The maximum atomic E-state index is 14.1. The van der Waals surface area contributed by atoms with Gasteiger partial charge in [0.15, 0.2) is 0 Å². The van der Waals surface area contributed by atoms with Gasteiger partial charge in [-0.05, 0) is 40.5 Å². The number of ether oxygens (including phenoxy) is 4. The Hall–Kier alpha value is -1.22. The molecule has 0 N–H and O–H groups in total. The molecule has 0 aromatic carbocycles. The van der Waals surface area contributed by atoms with Crippen molar-refractivity contribution < 1.29 is 28.5 Å². The molecule has 0 aromatic rings. The predicted molar refractivity (Wildman–Crippen MR) is 111 cm³/mol. The smallest absolute Gasteiger partial charge is 0.238 e. The summed E-state index contributed by atoms with van der Waals surface area (Å²) >= 11 is 0. The quantitative estimate of drug-likeness (QED) is 0.379. The van der Waals surface area contributed by atoms with Crippen LogP contribution in [0.4, 0.5) is 0 Å². The van der Waals surface area contributed by atoms with Crippen LogP contribution in [0, 0.1) is 5.41 Å². The first kappa shape index (κ1) is 21.6. The molecule has 8 nitrogen and oxygen atoms in total. The fourth-order valence-corrected chi connectivity index (χ4v) is 4.98. The summed E-state index contributed by atoms with van der Waals surface area (Å²) < 4.78 is 22.4. The van der Waals surface area contributed by atoms with Crippen molar-refractivity contribution in [3.05, 3.63) is 0 Å². The Morgan fingerprint density at radius 3 is 1.10 bits per heavy atom. The molecule has 4 heterocycles. The van der Waals surface area contributed by atoms with Gasteiger partial charge in [0, 0.05) is 0 Å². The van der Waals surface area contributed by atoms with E-state index >= 15 is 0 Å². The fourth-order valence-electron chi connectivity index (χ4n) is 4.98. The maximum Gasteiger partial charge on any atom is 0.238 e. The van der Waals surface area contributed by atoms with Crippen LogP contribution in [0.3, 0.4) is 0 Å². The molecule has 31 heavy (non-hydrogen) atoms. The van der Waals surface area contributed by atoms with Crippen LogP contribution in [0.25, 0.3) is 0 Å². The average molecular weight is 437 g/mol. The lowest BCUT2D eigenvalue weighted by Crippen LogP contribution is -2.57. The van der Waals surface area contributed by atoms with Gasteiger partial charge in [-0.25, -0.2) is 0 Å². The molecule has 1 aliphatic carbocycles. The number of epoxide rings is 4. The monoisotopic (exact) mass is 436 g/mol. The van der Waals surface area contributed by atoms with Crippen LogP contribution in [-0.4, -0.2) is 96.6 Å². The zero-order valence-electron chi connectivity index (χ0n) is 19.3. The average Bonchev–Trinajstić information content (AvgIpc) is 3.66. The summed E-state index contributed by atoms with van der Waals surface area (Å²) in [4.78, 5) is 31.9. The van der Waals surface area contributed by atoms with Crippen molar-refractivity contribution in [3.8, 4) is 0 Å². The second kappa shape index (κ2) is 6.89. The molecule has 4 atom stereocenters. The van der Waals surface area contributed by atoms with Gasteiger partial charge in [0.1, 0.15) is 27.8 Å². The Bertz CT molecular complexity index is 662. The van der Waals surface area contributed by atoms with Gasteiger partial charge in [-0.1, -0.05) is 12.8 Å². The number of carbonyl (C=O) groups excluding carboxylic acids is 2. The van der Waals surface area contributed by atoms with Gasteiger partial charge in [-0.3, -0.25) is 9.59 Å². The van der Waals surface area contributed by atoms with Crippen molar-refractivity contribution in [1.82, 2.24) is 9.80 Å². The highest BCUT2D eigenvalue weighted by Crippen LogP contribution is 2.45. The molecule has 174 valence electrons. The molecule has 0 aromatic heterocycles. The molecular weight excluding hydrogens is 400 g/mol. The SMILES string of the molecule is CC1(CN(CC2(C)CO2)C(=O)C2(C(=O)N(CC3(C)CO3)CC3(C)CO3)CCCC2)CO1. The molecule has 0 bridgehead atoms. The van der Waals surface area contributed by atoms with Gasteiger partial charge in [0.05, 0.1) is 52.6 Å². The molecule has 4 aliphatic heterocycles. The van der Waals surface area contributed by atoms with E-state index in [2.05, 4.69) is 0 Å². The number of carbonyl (C=O) groups is 2. The summed E-state index contributed by atoms with van der Waals surface area (Å²) in [5.41, 5.74) is -2.25. The molecule has 0 radical (unpaired) electrons. The van der Waals surface area contributed by atoms with Crippen molar-refractivity contribution >= 4 is 11.8 Å². The van der Waals surface area contributed by atoms with E-state index in [1.54, 1.807) is 0 Å². The topological polar surface area (TPSA) is 90.7 Å². The molecule has 4 saturated heterocycles. The highest BCUT2D eigenvalue weighted by Gasteiger charge is 2.57. The lowest BCUT2D eigenvalue weighted by Gasteiger charge is -2.39. The highest BCUT2D eigenvalue weighted by molar-refractivity contribution is 6.05. The van der Waals surface area contributed by atoms with Gasteiger partial charge in [0.2, 0.25) is 11.8 Å². The fraction of sp³-hybridized carbons (Fsp3) is 0.913. The van der Waals surface area contributed by atoms with Gasteiger partial charge >= 0.3 is 0 Å². The van der Waals surface area contributed by atoms with Gasteiger partial charge < -0.3 is 28.7 Å². The second-order valence-corrected chi connectivity index (χ2v) is 11.6. The highest BCUT2D eigenvalue weighted by atomic mass is 16.6. The van der Waals surface area contributed by atoms with Crippen LogP contribution < -0.4 is 0 Å². The van der Waals surface area contributed by atoms with E-state index in [4.69, 9.17) is 18.9 Å². The Balaban J connectivity index is 1.40. The maximum absolute atomic E-state index is 14.1. The van der Waals surface area contributed by atoms with Crippen molar-refractivity contribution in [2.45, 2.75) is 75.8 Å². The molecule has 5 fully saturated rings. The van der Waals surface area contributed by atoms with E-state index in [-0.39, 0.29) is 34.2 Å². The zero-order valence-corrected chi connectivity index (χ0v) is 19.3. The van der Waals surface area contributed by atoms with E-state index in [0.29, 0.717) is 65.4 Å². The van der Waals surface area contributed by atoms with Crippen LogP contribution in [0.1, 0.15) is 53.4 Å². The number of amides is 2. The molecule has 8 heteroatoms. The molecule has 2 amide bonds. The van der Waals surface area contributed by atoms with Crippen LogP contribution >= 0.6 is 0 Å². The Kier molecular flexibility index (Phi) is 4.80. The molecule has 1 saturated carbocycles. The summed E-state index contributed by atoms with van der Waals surface area (Å²) in [6.07, 6.45) is 2.98. The van der Waals surface area contributed by atoms with Gasteiger partial charge in [0.25, 0.3) is 0 Å². The Morgan fingerprint density at radius 2 is 0.871 bits per heavy atom. The van der Waals surface area contributed by atoms with Crippen molar-refractivity contribution in [3.63, 3.8) is 0 Å². The third-order valence-electron chi connectivity index (χ3n) is 7.50. The van der Waals surface area contributed by atoms with E-state index in [1.807, 2.05) is 37.5 Å².